The Balaban J connectivity index is 1.92. The molecule has 4 heteroatoms. The molecular formula is C22H15F3O. The summed E-state index contributed by atoms with van der Waals surface area (Å²) in [6.07, 6.45) is 1.09. The lowest BCUT2D eigenvalue weighted by Gasteiger charge is -2.13. The van der Waals surface area contributed by atoms with E-state index in [1.807, 2.05) is 30.3 Å². The molecule has 0 aliphatic carbocycles. The molecule has 3 aromatic rings. The van der Waals surface area contributed by atoms with E-state index >= 15 is 0 Å². The van der Waals surface area contributed by atoms with Crippen molar-refractivity contribution in [3.05, 3.63) is 89.5 Å². The Morgan fingerprint density at radius 2 is 1.58 bits per heavy atom. The van der Waals surface area contributed by atoms with E-state index in [-0.39, 0.29) is 0 Å². The summed E-state index contributed by atoms with van der Waals surface area (Å²) in [5.74, 6) is 3.08. The van der Waals surface area contributed by atoms with Crippen molar-refractivity contribution in [1.29, 1.82) is 0 Å². The molecule has 0 bridgehead atoms. The van der Waals surface area contributed by atoms with Gasteiger partial charge in [0.2, 0.25) is 0 Å². The number of rotatable bonds is 4. The zero-order valence-corrected chi connectivity index (χ0v) is 13.8. The average Bonchev–Trinajstić information content (AvgIpc) is 2.66. The Morgan fingerprint density at radius 1 is 0.885 bits per heavy atom. The fraction of sp³-hybridized carbons (Fsp3) is 0.0909. The van der Waals surface area contributed by atoms with E-state index in [9.17, 15) is 13.2 Å². The molecule has 0 amide bonds. The molecule has 0 aliphatic rings. The largest absolute Gasteiger partial charge is 0.488 e. The normalized spacial score (nSPS) is 11.0. The number of ether oxygens (including phenoxy) is 1. The Morgan fingerprint density at radius 3 is 2.19 bits per heavy atom. The standard InChI is InChI=1S/C22H15F3O/c1-2-16-8-13-20(18-9-11-19(12-10-18)22(23,24)25)21(14-16)26-15-17-6-4-3-5-7-17/h1,3-14H,15H2. The second-order valence-corrected chi connectivity index (χ2v) is 5.70. The maximum absolute atomic E-state index is 12.8. The van der Waals surface area contributed by atoms with E-state index in [1.54, 1.807) is 18.2 Å². The molecule has 0 spiro atoms. The van der Waals surface area contributed by atoms with Crippen LogP contribution in [-0.2, 0) is 12.8 Å². The Hall–Kier alpha value is -3.19. The van der Waals surface area contributed by atoms with Gasteiger partial charge in [0, 0.05) is 11.1 Å². The molecule has 1 nitrogen and oxygen atoms in total. The van der Waals surface area contributed by atoms with Crippen LogP contribution in [0.5, 0.6) is 5.75 Å². The van der Waals surface area contributed by atoms with Crippen LogP contribution in [0.25, 0.3) is 11.1 Å². The van der Waals surface area contributed by atoms with Crippen molar-refractivity contribution in [3.63, 3.8) is 0 Å². The summed E-state index contributed by atoms with van der Waals surface area (Å²) in [6, 6.07) is 19.8. The van der Waals surface area contributed by atoms with Gasteiger partial charge in [0.25, 0.3) is 0 Å². The van der Waals surface area contributed by atoms with Gasteiger partial charge in [0.05, 0.1) is 5.56 Å². The number of halogens is 3. The monoisotopic (exact) mass is 352 g/mol. The predicted octanol–water partition coefficient (Wildman–Crippen LogP) is 5.93. The number of alkyl halides is 3. The van der Waals surface area contributed by atoms with Gasteiger partial charge in [-0.2, -0.15) is 13.2 Å². The Labute approximate surface area is 150 Å². The summed E-state index contributed by atoms with van der Waals surface area (Å²) < 4.78 is 44.2. The topological polar surface area (TPSA) is 9.23 Å². The van der Waals surface area contributed by atoms with Crippen LogP contribution in [-0.4, -0.2) is 0 Å². The molecule has 26 heavy (non-hydrogen) atoms. The summed E-state index contributed by atoms with van der Waals surface area (Å²) in [4.78, 5) is 0. The fourth-order valence-electron chi connectivity index (χ4n) is 2.54. The Kier molecular flexibility index (Phi) is 4.99. The summed E-state index contributed by atoms with van der Waals surface area (Å²) in [6.45, 7) is 0.336. The zero-order valence-electron chi connectivity index (χ0n) is 13.8. The van der Waals surface area contributed by atoms with Gasteiger partial charge >= 0.3 is 6.18 Å². The van der Waals surface area contributed by atoms with Crippen LogP contribution in [0, 0.1) is 12.3 Å². The number of hydrogen-bond acceptors (Lipinski definition) is 1. The van der Waals surface area contributed by atoms with Crippen LogP contribution in [0.1, 0.15) is 16.7 Å². The van der Waals surface area contributed by atoms with Gasteiger partial charge in [0.15, 0.2) is 0 Å². The molecular weight excluding hydrogens is 337 g/mol. The molecule has 0 atom stereocenters. The van der Waals surface area contributed by atoms with Crippen LogP contribution in [0.15, 0.2) is 72.8 Å². The molecule has 0 heterocycles. The fourth-order valence-corrected chi connectivity index (χ4v) is 2.54. The van der Waals surface area contributed by atoms with Gasteiger partial charge in [-0.05, 0) is 41.5 Å². The van der Waals surface area contributed by atoms with E-state index in [4.69, 9.17) is 11.2 Å². The van der Waals surface area contributed by atoms with Gasteiger partial charge in [0.1, 0.15) is 12.4 Å². The summed E-state index contributed by atoms with van der Waals surface area (Å²) in [5, 5.41) is 0. The zero-order chi connectivity index (χ0) is 18.6. The molecule has 0 saturated heterocycles. The number of benzene rings is 3. The van der Waals surface area contributed by atoms with E-state index < -0.39 is 11.7 Å². The van der Waals surface area contributed by atoms with Crippen molar-refractivity contribution in [2.24, 2.45) is 0 Å². The van der Waals surface area contributed by atoms with Crippen molar-refractivity contribution in [3.8, 4) is 29.2 Å². The van der Waals surface area contributed by atoms with Crippen LogP contribution < -0.4 is 4.74 Å². The molecule has 0 aliphatic heterocycles. The first kappa shape index (κ1) is 17.6. The SMILES string of the molecule is C#Cc1ccc(-c2ccc(C(F)(F)F)cc2)c(OCc2ccccc2)c1. The summed E-state index contributed by atoms with van der Waals surface area (Å²) >= 11 is 0. The van der Waals surface area contributed by atoms with Crippen LogP contribution in [0.3, 0.4) is 0 Å². The Bertz CT molecular complexity index is 920. The van der Waals surface area contributed by atoms with Crippen LogP contribution in [0.4, 0.5) is 13.2 Å². The molecule has 0 aromatic heterocycles. The lowest BCUT2D eigenvalue weighted by atomic mass is 10.0. The maximum Gasteiger partial charge on any atom is 0.416 e. The molecule has 130 valence electrons. The molecule has 0 radical (unpaired) electrons. The third-order valence-corrected chi connectivity index (χ3v) is 3.91. The highest BCUT2D eigenvalue weighted by Gasteiger charge is 2.30. The quantitative estimate of drug-likeness (QED) is 0.529. The van der Waals surface area contributed by atoms with Gasteiger partial charge in [-0.3, -0.25) is 0 Å². The van der Waals surface area contributed by atoms with Crippen LogP contribution >= 0.6 is 0 Å². The van der Waals surface area contributed by atoms with Gasteiger partial charge < -0.3 is 4.74 Å². The van der Waals surface area contributed by atoms with Crippen molar-refractivity contribution >= 4 is 0 Å². The molecule has 3 rings (SSSR count). The second kappa shape index (κ2) is 7.37. The van der Waals surface area contributed by atoms with Crippen molar-refractivity contribution in [2.75, 3.05) is 0 Å². The first-order valence-corrected chi connectivity index (χ1v) is 7.92. The minimum absolute atomic E-state index is 0.336. The van der Waals surface area contributed by atoms with E-state index in [0.717, 1.165) is 17.7 Å². The molecule has 0 saturated carbocycles. The van der Waals surface area contributed by atoms with E-state index in [1.165, 1.54) is 12.1 Å². The van der Waals surface area contributed by atoms with Crippen molar-refractivity contribution in [2.45, 2.75) is 12.8 Å². The minimum atomic E-state index is -4.36. The smallest absolute Gasteiger partial charge is 0.416 e. The third-order valence-electron chi connectivity index (χ3n) is 3.91. The van der Waals surface area contributed by atoms with Crippen LogP contribution in [0.2, 0.25) is 0 Å². The maximum atomic E-state index is 12.8. The summed E-state index contributed by atoms with van der Waals surface area (Å²) in [5.41, 5.74) is 2.26. The van der Waals surface area contributed by atoms with Gasteiger partial charge in [-0.25, -0.2) is 0 Å². The van der Waals surface area contributed by atoms with Gasteiger partial charge in [-0.1, -0.05) is 48.4 Å². The van der Waals surface area contributed by atoms with Crippen molar-refractivity contribution in [1.82, 2.24) is 0 Å². The number of terminal acetylenes is 1. The van der Waals surface area contributed by atoms with E-state index in [0.29, 0.717) is 29.0 Å². The molecule has 0 fully saturated rings. The molecule has 3 aromatic carbocycles. The van der Waals surface area contributed by atoms with Crippen molar-refractivity contribution < 1.29 is 17.9 Å². The third kappa shape index (κ3) is 4.07. The lowest BCUT2D eigenvalue weighted by molar-refractivity contribution is -0.137. The highest BCUT2D eigenvalue weighted by atomic mass is 19.4. The molecule has 0 unspecified atom stereocenters. The first-order chi connectivity index (χ1) is 12.5. The molecule has 0 N–H and O–H groups in total. The lowest BCUT2D eigenvalue weighted by Crippen LogP contribution is -2.04. The average molecular weight is 352 g/mol. The second-order valence-electron chi connectivity index (χ2n) is 5.70. The highest BCUT2D eigenvalue weighted by molar-refractivity contribution is 5.72. The van der Waals surface area contributed by atoms with Gasteiger partial charge in [-0.15, -0.1) is 6.42 Å². The first-order valence-electron chi connectivity index (χ1n) is 7.92. The van der Waals surface area contributed by atoms with E-state index in [2.05, 4.69) is 5.92 Å². The predicted molar refractivity (Wildman–Crippen MR) is 95.6 cm³/mol. The summed E-state index contributed by atoms with van der Waals surface area (Å²) in [7, 11) is 0. The number of hydrogen-bond donors (Lipinski definition) is 0. The highest BCUT2D eigenvalue weighted by Crippen LogP contribution is 2.35. The minimum Gasteiger partial charge on any atom is -0.488 e.